The SMILES string of the molecule is CNCC[C@@H](Oc1ccccc1CCN1CCC2(CC1)CN(C(C)C)C(=O)[C@@H](C)O2)c1ccsc1. The van der Waals surface area contributed by atoms with Crippen molar-refractivity contribution < 1.29 is 14.3 Å². The summed E-state index contributed by atoms with van der Waals surface area (Å²) in [6, 6.07) is 10.9. The van der Waals surface area contributed by atoms with Crippen molar-refractivity contribution in [1.82, 2.24) is 15.1 Å². The first-order chi connectivity index (χ1) is 16.9. The number of para-hydroxylation sites is 1. The number of nitrogens with one attached hydrogen (secondary N) is 1. The van der Waals surface area contributed by atoms with Crippen LogP contribution in [0.3, 0.4) is 0 Å². The molecule has 7 heteroatoms. The van der Waals surface area contributed by atoms with Crippen molar-refractivity contribution in [2.45, 2.75) is 70.3 Å². The maximum atomic E-state index is 12.5. The van der Waals surface area contributed by atoms with Crippen molar-refractivity contribution in [3.8, 4) is 5.75 Å². The minimum Gasteiger partial charge on any atom is -0.485 e. The van der Waals surface area contributed by atoms with E-state index in [2.05, 4.69) is 65.2 Å². The Bertz CT molecular complexity index is 941. The molecule has 3 heterocycles. The monoisotopic (exact) mass is 499 g/mol. The molecule has 1 aromatic heterocycles. The maximum Gasteiger partial charge on any atom is 0.251 e. The molecule has 2 aliphatic heterocycles. The lowest BCUT2D eigenvalue weighted by atomic mass is 9.87. The van der Waals surface area contributed by atoms with Crippen LogP contribution in [-0.4, -0.2) is 73.2 Å². The fourth-order valence-electron chi connectivity index (χ4n) is 5.27. The summed E-state index contributed by atoms with van der Waals surface area (Å²) in [5.41, 5.74) is 2.31. The summed E-state index contributed by atoms with van der Waals surface area (Å²) in [7, 11) is 1.98. The summed E-state index contributed by atoms with van der Waals surface area (Å²) < 4.78 is 12.9. The molecule has 0 saturated carbocycles. The zero-order valence-electron chi connectivity index (χ0n) is 21.7. The second-order valence-electron chi connectivity index (χ2n) is 10.3. The van der Waals surface area contributed by atoms with E-state index in [1.54, 1.807) is 11.3 Å². The van der Waals surface area contributed by atoms with Gasteiger partial charge in [-0.25, -0.2) is 0 Å². The number of amides is 1. The van der Waals surface area contributed by atoms with E-state index in [1.807, 2.05) is 18.9 Å². The number of piperidine rings is 1. The van der Waals surface area contributed by atoms with Crippen LogP contribution in [0.5, 0.6) is 5.75 Å². The Hall–Kier alpha value is -1.93. The van der Waals surface area contributed by atoms with E-state index in [-0.39, 0.29) is 29.8 Å². The minimum absolute atomic E-state index is 0.0572. The van der Waals surface area contributed by atoms with Crippen molar-refractivity contribution in [3.05, 3.63) is 52.2 Å². The zero-order valence-corrected chi connectivity index (χ0v) is 22.5. The van der Waals surface area contributed by atoms with Gasteiger partial charge in [0.1, 0.15) is 18.0 Å². The number of morpholine rings is 1. The van der Waals surface area contributed by atoms with Gasteiger partial charge in [0, 0.05) is 37.7 Å². The van der Waals surface area contributed by atoms with Gasteiger partial charge in [0.05, 0.1) is 12.1 Å². The topological polar surface area (TPSA) is 54.0 Å². The second-order valence-corrected chi connectivity index (χ2v) is 11.0. The van der Waals surface area contributed by atoms with E-state index in [0.717, 1.165) is 64.2 Å². The number of thiophene rings is 1. The first kappa shape index (κ1) is 26.1. The van der Waals surface area contributed by atoms with Crippen LogP contribution in [0, 0.1) is 0 Å². The molecular weight excluding hydrogens is 458 g/mol. The van der Waals surface area contributed by atoms with Crippen LogP contribution in [0.4, 0.5) is 0 Å². The van der Waals surface area contributed by atoms with E-state index in [4.69, 9.17) is 9.47 Å². The molecule has 1 amide bonds. The third-order valence-corrected chi connectivity index (χ3v) is 8.12. The molecule has 2 aliphatic rings. The average Bonchev–Trinajstić information content (AvgIpc) is 3.39. The number of benzene rings is 1. The highest BCUT2D eigenvalue weighted by molar-refractivity contribution is 7.07. The molecule has 192 valence electrons. The lowest BCUT2D eigenvalue weighted by Crippen LogP contribution is -2.62. The van der Waals surface area contributed by atoms with Crippen molar-refractivity contribution in [3.63, 3.8) is 0 Å². The van der Waals surface area contributed by atoms with Crippen LogP contribution in [0.1, 0.15) is 57.3 Å². The van der Waals surface area contributed by atoms with Gasteiger partial charge in [-0.2, -0.15) is 11.3 Å². The van der Waals surface area contributed by atoms with Crippen molar-refractivity contribution >= 4 is 17.2 Å². The number of hydrogen-bond donors (Lipinski definition) is 1. The largest absolute Gasteiger partial charge is 0.485 e. The predicted molar refractivity (Wildman–Crippen MR) is 142 cm³/mol. The molecule has 6 nitrogen and oxygen atoms in total. The summed E-state index contributed by atoms with van der Waals surface area (Å²) in [6.07, 6.45) is 3.54. The number of carbonyl (C=O) groups excluding carboxylic acids is 1. The molecule has 0 unspecified atom stereocenters. The van der Waals surface area contributed by atoms with Gasteiger partial charge in [-0.1, -0.05) is 18.2 Å². The molecule has 2 saturated heterocycles. The average molecular weight is 500 g/mol. The second kappa shape index (κ2) is 11.9. The lowest BCUT2D eigenvalue weighted by molar-refractivity contribution is -0.192. The summed E-state index contributed by atoms with van der Waals surface area (Å²) in [5, 5.41) is 7.56. The van der Waals surface area contributed by atoms with Gasteiger partial charge in [-0.3, -0.25) is 4.79 Å². The number of likely N-dealkylation sites (tertiary alicyclic amines) is 1. The van der Waals surface area contributed by atoms with Gasteiger partial charge in [0.25, 0.3) is 5.91 Å². The number of ether oxygens (including phenoxy) is 2. The Morgan fingerprint density at radius 2 is 2.00 bits per heavy atom. The third kappa shape index (κ3) is 6.45. The van der Waals surface area contributed by atoms with E-state index in [1.165, 1.54) is 11.1 Å². The Labute approximate surface area is 214 Å². The molecule has 1 aromatic carbocycles. The van der Waals surface area contributed by atoms with Crippen molar-refractivity contribution in [2.24, 2.45) is 0 Å². The molecule has 4 rings (SSSR count). The van der Waals surface area contributed by atoms with Crippen LogP contribution in [0.25, 0.3) is 0 Å². The Balaban J connectivity index is 1.34. The molecule has 2 atom stereocenters. The minimum atomic E-state index is -0.346. The summed E-state index contributed by atoms with van der Waals surface area (Å²) in [6.45, 7) is 10.7. The number of rotatable bonds is 10. The maximum absolute atomic E-state index is 12.5. The molecule has 1 spiro atoms. The molecule has 2 aromatic rings. The van der Waals surface area contributed by atoms with Gasteiger partial charge in [-0.15, -0.1) is 0 Å². The van der Waals surface area contributed by atoms with Gasteiger partial charge in [0.15, 0.2) is 0 Å². The molecular formula is C28H41N3O3S. The summed E-state index contributed by atoms with van der Waals surface area (Å²) in [4.78, 5) is 17.1. The van der Waals surface area contributed by atoms with Crippen LogP contribution >= 0.6 is 11.3 Å². The van der Waals surface area contributed by atoms with E-state index < -0.39 is 0 Å². The summed E-state index contributed by atoms with van der Waals surface area (Å²) >= 11 is 1.72. The Morgan fingerprint density at radius 1 is 1.23 bits per heavy atom. The highest BCUT2D eigenvalue weighted by atomic mass is 32.1. The fraction of sp³-hybridized carbons (Fsp3) is 0.607. The number of carbonyl (C=O) groups is 1. The van der Waals surface area contributed by atoms with Gasteiger partial charge in [-0.05, 0) is 82.1 Å². The summed E-state index contributed by atoms with van der Waals surface area (Å²) in [5.74, 6) is 1.11. The van der Waals surface area contributed by atoms with Crippen LogP contribution in [0.2, 0.25) is 0 Å². The highest BCUT2D eigenvalue weighted by Crippen LogP contribution is 2.34. The van der Waals surface area contributed by atoms with Crippen LogP contribution in [-0.2, 0) is 16.0 Å². The standard InChI is InChI=1S/C28H41N3O3S/c1-21(2)31-20-28(34-22(3)27(31)32)12-16-30(17-13-28)15-10-23-7-5-6-8-25(23)33-26(9-14-29-4)24-11-18-35-19-24/h5-8,11,18-19,21-22,26,29H,9-10,12-17,20H2,1-4H3/t22-,26-/m1/s1. The Kier molecular flexibility index (Phi) is 8.87. The normalized spacial score (nSPS) is 21.6. The van der Waals surface area contributed by atoms with Crippen molar-refractivity contribution in [2.75, 3.05) is 39.8 Å². The van der Waals surface area contributed by atoms with Gasteiger partial charge >= 0.3 is 0 Å². The molecule has 0 bridgehead atoms. The van der Waals surface area contributed by atoms with Crippen molar-refractivity contribution in [1.29, 1.82) is 0 Å². The smallest absolute Gasteiger partial charge is 0.251 e. The van der Waals surface area contributed by atoms with E-state index in [0.29, 0.717) is 0 Å². The van der Waals surface area contributed by atoms with E-state index in [9.17, 15) is 4.79 Å². The van der Waals surface area contributed by atoms with Gasteiger partial charge < -0.3 is 24.6 Å². The molecule has 2 fully saturated rings. The van der Waals surface area contributed by atoms with E-state index >= 15 is 0 Å². The third-order valence-electron chi connectivity index (χ3n) is 7.42. The fourth-order valence-corrected chi connectivity index (χ4v) is 5.97. The molecule has 35 heavy (non-hydrogen) atoms. The molecule has 0 radical (unpaired) electrons. The highest BCUT2D eigenvalue weighted by Gasteiger charge is 2.45. The Morgan fingerprint density at radius 3 is 2.69 bits per heavy atom. The lowest BCUT2D eigenvalue weighted by Gasteiger charge is -2.50. The zero-order chi connectivity index (χ0) is 24.8. The molecule has 0 aliphatic carbocycles. The quantitative estimate of drug-likeness (QED) is 0.521. The molecule has 1 N–H and O–H groups in total. The number of nitrogens with zero attached hydrogens (tertiary/aromatic N) is 2. The van der Waals surface area contributed by atoms with Crippen LogP contribution < -0.4 is 10.1 Å². The number of hydrogen-bond acceptors (Lipinski definition) is 6. The predicted octanol–water partition coefficient (Wildman–Crippen LogP) is 4.51. The first-order valence-electron chi connectivity index (χ1n) is 13.0. The first-order valence-corrected chi connectivity index (χ1v) is 14.0. The van der Waals surface area contributed by atoms with Gasteiger partial charge in [0.2, 0.25) is 0 Å². The van der Waals surface area contributed by atoms with Crippen LogP contribution in [0.15, 0.2) is 41.1 Å².